The SMILES string of the molecule is CCCNC(=O)[C@H](CCCCNC(=O)CCOCCOCCOCCOCCOCCOCCOCCOCCOCCOCCOCCOC(=O)Nc1cc(COC(=O)N(C)[C@H](C(=O)N[C@H](C(=O)N(C)[C@@H]([C@@H](C)CC)[C@@H](CC(=O)N2CCC[C@H]2[C@H](OC)[C@@H](C)C(=O)N[C@H](C)[C@@H](O)c2ccccc2)OC)C(C)C)C(C)C)ccc1O[C@@H]1O[C@@H](C(=O)O)[C@@H](O)[C@H](O)[C@H]1O)NC(=O)[C@H](CNC(=O)OC(C)(C)C)N1C(=O)C=CC1=O. The third kappa shape index (κ3) is 46.1. The summed E-state index contributed by atoms with van der Waals surface area (Å²) in [7, 11) is 5.92. The van der Waals surface area contributed by atoms with E-state index in [1.54, 1.807) is 98.5 Å². The fourth-order valence-electron chi connectivity index (χ4n) is 16.1. The van der Waals surface area contributed by atoms with Crippen LogP contribution in [0.25, 0.3) is 0 Å². The lowest BCUT2D eigenvalue weighted by molar-refractivity contribution is -0.271. The van der Waals surface area contributed by atoms with E-state index in [9.17, 15) is 87.9 Å². The highest BCUT2D eigenvalue weighted by Crippen LogP contribution is 2.34. The monoisotopic (exact) mass is 2090 g/mol. The maximum absolute atomic E-state index is 15.0. The Morgan fingerprint density at radius 2 is 1.11 bits per heavy atom. The van der Waals surface area contributed by atoms with Gasteiger partial charge in [-0.05, 0) is 107 Å². The zero-order valence-corrected chi connectivity index (χ0v) is 88.1. The molecule has 2 fully saturated rings. The third-order valence-corrected chi connectivity index (χ3v) is 24.2. The van der Waals surface area contributed by atoms with Crippen LogP contribution in [0, 0.1) is 23.7 Å². The van der Waals surface area contributed by atoms with Crippen molar-refractivity contribution in [2.75, 3.05) is 212 Å². The van der Waals surface area contributed by atoms with E-state index in [2.05, 4.69) is 37.2 Å². The molecule has 3 aliphatic heterocycles. The van der Waals surface area contributed by atoms with E-state index in [0.29, 0.717) is 168 Å². The number of hydrogen-bond donors (Lipinski definition) is 12. The quantitative estimate of drug-likeness (QED) is 0.0257. The number of likely N-dealkylation sites (tertiary alicyclic amines) is 1. The third-order valence-electron chi connectivity index (χ3n) is 24.2. The molecule has 0 radical (unpaired) electrons. The van der Waals surface area contributed by atoms with Crippen molar-refractivity contribution in [1.82, 2.24) is 51.5 Å². The molecule has 2 aromatic rings. The van der Waals surface area contributed by atoms with Crippen LogP contribution in [0.15, 0.2) is 60.7 Å². The van der Waals surface area contributed by atoms with Crippen LogP contribution in [0.4, 0.5) is 20.1 Å². The number of carboxylic acid groups (broad SMARTS) is 1. The fraction of sp³-hybridized carbons (Fsp3) is 0.730. The van der Waals surface area contributed by atoms with Crippen LogP contribution in [0.2, 0.25) is 0 Å². The second-order valence-electron chi connectivity index (χ2n) is 37.2. The Kier molecular flexibility index (Phi) is 60.8. The van der Waals surface area contributed by atoms with Gasteiger partial charge in [-0.2, -0.15) is 0 Å². The van der Waals surface area contributed by atoms with Gasteiger partial charge >= 0.3 is 24.2 Å². The topological polar surface area (TPSA) is 586 Å². The number of aliphatic carboxylic acids is 1. The van der Waals surface area contributed by atoms with Crippen molar-refractivity contribution in [3.63, 3.8) is 0 Å². The van der Waals surface area contributed by atoms with Crippen LogP contribution in [-0.2, 0) is 135 Å². The summed E-state index contributed by atoms with van der Waals surface area (Å²) in [6.07, 6.45) is -9.90. The van der Waals surface area contributed by atoms with Crippen LogP contribution in [0.3, 0.4) is 0 Å². The number of imide groups is 1. The van der Waals surface area contributed by atoms with Crippen LogP contribution in [-0.4, -0.2) is 420 Å². The Morgan fingerprint density at radius 1 is 0.571 bits per heavy atom. The summed E-state index contributed by atoms with van der Waals surface area (Å²) < 4.78 is 101. The largest absolute Gasteiger partial charge is 0.479 e. The van der Waals surface area contributed by atoms with Gasteiger partial charge in [-0.1, -0.05) is 98.2 Å². The van der Waals surface area contributed by atoms with E-state index in [1.807, 2.05) is 26.8 Å². The summed E-state index contributed by atoms with van der Waals surface area (Å²) in [5.74, 6) is -8.74. The number of aliphatic hydroxyl groups is 4. The Morgan fingerprint density at radius 3 is 1.61 bits per heavy atom. The van der Waals surface area contributed by atoms with Gasteiger partial charge in [0.1, 0.15) is 67.0 Å². The van der Waals surface area contributed by atoms with Gasteiger partial charge in [0.15, 0.2) is 6.10 Å². The van der Waals surface area contributed by atoms with Crippen LogP contribution >= 0.6 is 0 Å². The number of alkyl carbamates (subject to hydrolysis) is 1. The number of methoxy groups -OCH3 is 2. The number of amides is 12. The minimum Gasteiger partial charge on any atom is -0.479 e. The average Bonchev–Trinajstić information content (AvgIpc) is 1.57. The first kappa shape index (κ1) is 127. The summed E-state index contributed by atoms with van der Waals surface area (Å²) in [4.78, 5) is 179. The molecule has 0 aromatic heterocycles. The van der Waals surface area contributed by atoms with Crippen molar-refractivity contribution in [2.45, 2.75) is 244 Å². The van der Waals surface area contributed by atoms with Gasteiger partial charge < -0.3 is 152 Å². The second kappa shape index (κ2) is 70.1. The molecule has 12 amide bonds. The van der Waals surface area contributed by atoms with Crippen molar-refractivity contribution in [2.24, 2.45) is 23.7 Å². The number of rotatable bonds is 75. The van der Waals surface area contributed by atoms with Crippen LogP contribution in [0.1, 0.15) is 158 Å². The number of carbonyl (C=O) groups excluding carboxylic acids is 12. The first-order valence-electron chi connectivity index (χ1n) is 50.4. The number of benzene rings is 2. The molecule has 12 N–H and O–H groups in total. The summed E-state index contributed by atoms with van der Waals surface area (Å²) >= 11 is 0. The molecule has 47 nitrogen and oxygen atoms in total. The lowest BCUT2D eigenvalue weighted by atomic mass is 9.89. The average molecular weight is 2100 g/mol. The van der Waals surface area contributed by atoms with Gasteiger partial charge in [0.2, 0.25) is 47.6 Å². The van der Waals surface area contributed by atoms with Gasteiger partial charge in [0.05, 0.1) is 206 Å². The van der Waals surface area contributed by atoms with Crippen molar-refractivity contribution in [1.29, 1.82) is 0 Å². The van der Waals surface area contributed by atoms with Crippen molar-refractivity contribution in [3.05, 3.63) is 71.8 Å². The van der Waals surface area contributed by atoms with Crippen molar-refractivity contribution < 1.29 is 173 Å². The lowest BCUT2D eigenvalue weighted by Crippen LogP contribution is -2.61. The zero-order chi connectivity index (χ0) is 109. The second-order valence-corrected chi connectivity index (χ2v) is 37.2. The molecular weight excluding hydrogens is 1930 g/mol. The Hall–Kier alpha value is -10.0. The molecule has 2 saturated heterocycles. The fourth-order valence-corrected chi connectivity index (χ4v) is 16.1. The molecule has 0 spiro atoms. The molecule has 17 atom stereocenters. The summed E-state index contributed by atoms with van der Waals surface area (Å²) in [6.45, 7) is 27.4. The van der Waals surface area contributed by atoms with Gasteiger partial charge in [-0.25, -0.2) is 19.2 Å². The number of aliphatic hydroxyl groups excluding tert-OH is 4. The minimum absolute atomic E-state index is 0.0681. The molecule has 2 aromatic carbocycles. The highest BCUT2D eigenvalue weighted by atomic mass is 16.7. The predicted octanol–water partition coefficient (Wildman–Crippen LogP) is 3.09. The molecule has 47 heteroatoms. The first-order chi connectivity index (χ1) is 70.2. The van der Waals surface area contributed by atoms with Gasteiger partial charge in [0, 0.05) is 66.5 Å². The standard InChI is InChI=1S/C100H163N11O36/c1-17-34-102-91(121)71(105-92(122)74(111-78(113)31-32-79(111)114)62-103-97(127)147-100(10,11)12)27-22-23-35-101-77(112)33-37-132-38-39-133-40-41-134-42-43-135-44-45-136-46-47-137-48-49-138-50-51-139-52-53-140-54-55-141-56-57-142-58-59-143-98(128)106-72-60-69(29-30-75(72)145-96-87(119)85(117)86(118)89(146-96)95(125)126)63-144-99(129)109(14)82(65(5)6)93(123)107-81(64(3)4)94(124)108(13)83(66(7)18-2)76(130-15)61-80(115)110-36-24-28-73(110)88(131-16)67(8)90(120)104-68(9)84(116)70-25-20-19-21-26-70/h19-21,25-26,29-32,60,64-68,71,73-74,76,81-89,96,116-119H,17-18,22-24,27-28,33-59,61-63H2,1-16H3,(H,101,112)(H,102,121)(H,103,127)(H,104,120)(H,105,122)(H,106,128)(H,107,123)(H,125,126)/t66-,67+,68+,71-,73-,74-,76+,81-,82-,83-,84+,85-,86-,87+,88+,89+,96+/m0/s1. The maximum atomic E-state index is 15.0. The number of anilines is 1. The zero-order valence-electron chi connectivity index (χ0n) is 88.1. The molecule has 0 saturated carbocycles. The maximum Gasteiger partial charge on any atom is 0.411 e. The molecule has 3 heterocycles. The summed E-state index contributed by atoms with van der Waals surface area (Å²) in [5, 5.41) is 71.4. The molecule has 0 unspecified atom stereocenters. The minimum atomic E-state index is -2.04. The van der Waals surface area contributed by atoms with E-state index >= 15 is 0 Å². The normalized spacial score (nSPS) is 18.5. The van der Waals surface area contributed by atoms with Gasteiger partial charge in [0.25, 0.3) is 11.8 Å². The Labute approximate surface area is 861 Å². The number of unbranched alkanes of at least 4 members (excludes halogenated alkanes) is 1. The number of ether oxygens (including phenoxy) is 18. The molecule has 3 aliphatic rings. The molecule has 0 bridgehead atoms. The molecule has 147 heavy (non-hydrogen) atoms. The van der Waals surface area contributed by atoms with E-state index in [0.717, 1.165) is 17.1 Å². The predicted molar refractivity (Wildman–Crippen MR) is 530 cm³/mol. The van der Waals surface area contributed by atoms with E-state index in [4.69, 9.17) is 85.3 Å². The van der Waals surface area contributed by atoms with Gasteiger partial charge in [-0.3, -0.25) is 58.3 Å². The number of hydrogen-bond acceptors (Lipinski definition) is 35. The number of carbonyl (C=O) groups is 13. The molecule has 5 rings (SSSR count). The van der Waals surface area contributed by atoms with Crippen LogP contribution < -0.4 is 42.0 Å². The van der Waals surface area contributed by atoms with E-state index in [1.165, 1.54) is 44.4 Å². The highest BCUT2D eigenvalue weighted by Gasteiger charge is 2.50. The molecule has 0 aliphatic carbocycles. The Bertz CT molecular complexity index is 4270. The number of likely N-dealkylation sites (N-methyl/N-ethyl adjacent to an activating group) is 2. The van der Waals surface area contributed by atoms with Crippen molar-refractivity contribution >= 4 is 83.1 Å². The van der Waals surface area contributed by atoms with Crippen LogP contribution in [0.5, 0.6) is 5.75 Å². The van der Waals surface area contributed by atoms with E-state index < -0.39 is 188 Å². The Balaban J connectivity index is 0.901. The number of nitrogens with zero attached hydrogens (tertiary/aromatic N) is 4. The molecular formula is C100H163N11O36. The van der Waals surface area contributed by atoms with Crippen molar-refractivity contribution in [3.8, 4) is 5.75 Å². The number of carboxylic acids is 1. The van der Waals surface area contributed by atoms with Gasteiger partial charge in [-0.15, -0.1) is 0 Å². The molecule has 834 valence electrons. The summed E-state index contributed by atoms with van der Waals surface area (Å²) in [5.41, 5.74) is -0.168. The highest BCUT2D eigenvalue weighted by molar-refractivity contribution is 6.15. The summed E-state index contributed by atoms with van der Waals surface area (Å²) in [6, 6.07) is 6.29. The lowest BCUT2D eigenvalue weighted by Gasteiger charge is -2.41. The van der Waals surface area contributed by atoms with E-state index in [-0.39, 0.29) is 113 Å². The number of nitrogens with one attached hydrogen (secondary N) is 7. The smallest absolute Gasteiger partial charge is 0.411 e. The first-order valence-corrected chi connectivity index (χ1v) is 50.4.